The molecule has 0 amide bonds. The van der Waals surface area contributed by atoms with Crippen LogP contribution in [-0.2, 0) is 6.42 Å². The molecule has 1 fully saturated rings. The summed E-state index contributed by atoms with van der Waals surface area (Å²) in [7, 11) is 1.68. The van der Waals surface area contributed by atoms with E-state index in [2.05, 4.69) is 4.90 Å². The van der Waals surface area contributed by atoms with Crippen LogP contribution in [0.2, 0.25) is 0 Å². The van der Waals surface area contributed by atoms with Gasteiger partial charge >= 0.3 is 0 Å². The van der Waals surface area contributed by atoms with Gasteiger partial charge in [0, 0.05) is 12.6 Å². The van der Waals surface area contributed by atoms with Gasteiger partial charge in [-0.3, -0.25) is 0 Å². The Labute approximate surface area is 121 Å². The third-order valence-electron chi connectivity index (χ3n) is 3.76. The Hall–Kier alpha value is -1.26. The van der Waals surface area contributed by atoms with Crippen molar-refractivity contribution in [2.75, 3.05) is 39.9 Å². The van der Waals surface area contributed by atoms with Crippen molar-refractivity contribution in [3.63, 3.8) is 0 Å². The standard InChI is InChI=1S/C16H26N2O2/c1-19-15-6-5-14(7-8-17)16(13-15)20-12-4-11-18-9-2-3-10-18/h5-6,13H,2-4,7-12,17H2,1H3. The Kier molecular flexibility index (Phi) is 6.15. The van der Waals surface area contributed by atoms with Gasteiger partial charge < -0.3 is 20.1 Å². The molecule has 0 radical (unpaired) electrons. The SMILES string of the molecule is COc1ccc(CCN)c(OCCCN2CCCC2)c1. The lowest BCUT2D eigenvalue weighted by atomic mass is 10.1. The summed E-state index contributed by atoms with van der Waals surface area (Å²) in [5.41, 5.74) is 6.81. The van der Waals surface area contributed by atoms with Crippen molar-refractivity contribution in [1.29, 1.82) is 0 Å². The predicted molar refractivity (Wildman–Crippen MR) is 81.5 cm³/mol. The van der Waals surface area contributed by atoms with E-state index in [1.807, 2.05) is 18.2 Å². The van der Waals surface area contributed by atoms with Crippen LogP contribution in [0.1, 0.15) is 24.8 Å². The molecular formula is C16H26N2O2. The van der Waals surface area contributed by atoms with Crippen LogP contribution in [0, 0.1) is 0 Å². The van der Waals surface area contributed by atoms with Crippen LogP contribution in [0.15, 0.2) is 18.2 Å². The summed E-state index contributed by atoms with van der Waals surface area (Å²) in [5, 5.41) is 0. The van der Waals surface area contributed by atoms with Crippen LogP contribution in [0.3, 0.4) is 0 Å². The predicted octanol–water partition coefficient (Wildman–Crippen LogP) is 2.06. The Morgan fingerprint density at radius 2 is 2.05 bits per heavy atom. The van der Waals surface area contributed by atoms with E-state index in [1.54, 1.807) is 7.11 Å². The van der Waals surface area contributed by atoms with E-state index in [0.717, 1.165) is 43.1 Å². The zero-order chi connectivity index (χ0) is 14.2. The Balaban J connectivity index is 1.82. The van der Waals surface area contributed by atoms with Gasteiger partial charge in [0.2, 0.25) is 0 Å². The van der Waals surface area contributed by atoms with Crippen molar-refractivity contribution in [1.82, 2.24) is 4.90 Å². The van der Waals surface area contributed by atoms with Gasteiger partial charge in [-0.1, -0.05) is 6.07 Å². The minimum Gasteiger partial charge on any atom is -0.497 e. The minimum atomic E-state index is 0.635. The van der Waals surface area contributed by atoms with Crippen molar-refractivity contribution >= 4 is 0 Å². The van der Waals surface area contributed by atoms with E-state index in [1.165, 1.54) is 25.9 Å². The second kappa shape index (κ2) is 8.12. The number of hydrogen-bond donors (Lipinski definition) is 1. The lowest BCUT2D eigenvalue weighted by molar-refractivity contribution is 0.261. The van der Waals surface area contributed by atoms with Crippen molar-refractivity contribution in [3.05, 3.63) is 23.8 Å². The maximum atomic E-state index is 5.93. The van der Waals surface area contributed by atoms with E-state index >= 15 is 0 Å². The molecule has 0 bridgehead atoms. The molecule has 1 aromatic rings. The topological polar surface area (TPSA) is 47.7 Å². The molecule has 0 atom stereocenters. The molecule has 4 nitrogen and oxygen atoms in total. The fraction of sp³-hybridized carbons (Fsp3) is 0.625. The average molecular weight is 278 g/mol. The van der Waals surface area contributed by atoms with Gasteiger partial charge in [0.25, 0.3) is 0 Å². The molecule has 0 spiro atoms. The molecule has 1 heterocycles. The highest BCUT2D eigenvalue weighted by atomic mass is 16.5. The average Bonchev–Trinajstić information content (AvgIpc) is 2.98. The van der Waals surface area contributed by atoms with Gasteiger partial charge in [-0.05, 0) is 56.9 Å². The van der Waals surface area contributed by atoms with Crippen molar-refractivity contribution < 1.29 is 9.47 Å². The molecule has 1 saturated heterocycles. The largest absolute Gasteiger partial charge is 0.497 e. The second-order valence-electron chi connectivity index (χ2n) is 5.26. The highest BCUT2D eigenvalue weighted by molar-refractivity contribution is 5.40. The summed E-state index contributed by atoms with van der Waals surface area (Å²) in [6, 6.07) is 5.96. The van der Waals surface area contributed by atoms with Gasteiger partial charge in [-0.15, -0.1) is 0 Å². The van der Waals surface area contributed by atoms with E-state index in [-0.39, 0.29) is 0 Å². The summed E-state index contributed by atoms with van der Waals surface area (Å²) in [4.78, 5) is 2.51. The molecular weight excluding hydrogens is 252 g/mol. The molecule has 0 aliphatic carbocycles. The number of benzene rings is 1. The number of nitrogens with two attached hydrogens (primary N) is 1. The van der Waals surface area contributed by atoms with Crippen LogP contribution in [0.25, 0.3) is 0 Å². The number of hydrogen-bond acceptors (Lipinski definition) is 4. The summed E-state index contributed by atoms with van der Waals surface area (Å²) in [6.45, 7) is 5.02. The number of rotatable bonds is 8. The number of nitrogens with zero attached hydrogens (tertiary/aromatic N) is 1. The van der Waals surface area contributed by atoms with Crippen molar-refractivity contribution in [2.24, 2.45) is 5.73 Å². The lowest BCUT2D eigenvalue weighted by Gasteiger charge is -2.16. The van der Waals surface area contributed by atoms with Crippen LogP contribution in [0.5, 0.6) is 11.5 Å². The number of ether oxygens (including phenoxy) is 2. The molecule has 112 valence electrons. The normalized spacial score (nSPS) is 15.5. The van der Waals surface area contributed by atoms with Crippen LogP contribution >= 0.6 is 0 Å². The van der Waals surface area contributed by atoms with Crippen LogP contribution in [-0.4, -0.2) is 44.8 Å². The molecule has 1 aliphatic rings. The third-order valence-corrected chi connectivity index (χ3v) is 3.76. The third kappa shape index (κ3) is 4.39. The van der Waals surface area contributed by atoms with Crippen LogP contribution < -0.4 is 15.2 Å². The first kappa shape index (κ1) is 15.1. The monoisotopic (exact) mass is 278 g/mol. The fourth-order valence-electron chi connectivity index (χ4n) is 2.63. The highest BCUT2D eigenvalue weighted by Gasteiger charge is 2.11. The van der Waals surface area contributed by atoms with E-state index < -0.39 is 0 Å². The fourth-order valence-corrected chi connectivity index (χ4v) is 2.63. The zero-order valence-electron chi connectivity index (χ0n) is 12.4. The van der Waals surface area contributed by atoms with Gasteiger partial charge in [-0.2, -0.15) is 0 Å². The zero-order valence-corrected chi connectivity index (χ0v) is 12.4. The minimum absolute atomic E-state index is 0.635. The highest BCUT2D eigenvalue weighted by Crippen LogP contribution is 2.25. The smallest absolute Gasteiger partial charge is 0.126 e. The number of methoxy groups -OCH3 is 1. The second-order valence-corrected chi connectivity index (χ2v) is 5.26. The molecule has 2 N–H and O–H groups in total. The summed E-state index contributed by atoms with van der Waals surface area (Å²) >= 11 is 0. The quantitative estimate of drug-likeness (QED) is 0.740. The van der Waals surface area contributed by atoms with E-state index in [0.29, 0.717) is 6.54 Å². The maximum Gasteiger partial charge on any atom is 0.126 e. The summed E-state index contributed by atoms with van der Waals surface area (Å²) in [5.74, 6) is 1.75. The summed E-state index contributed by atoms with van der Waals surface area (Å²) in [6.07, 6.45) is 4.60. The van der Waals surface area contributed by atoms with E-state index in [4.69, 9.17) is 15.2 Å². The van der Waals surface area contributed by atoms with Gasteiger partial charge in [0.1, 0.15) is 11.5 Å². The first-order valence-corrected chi connectivity index (χ1v) is 7.55. The Bertz CT molecular complexity index is 403. The first-order valence-electron chi connectivity index (χ1n) is 7.55. The van der Waals surface area contributed by atoms with Gasteiger partial charge in [-0.25, -0.2) is 0 Å². The molecule has 1 aromatic carbocycles. The Morgan fingerprint density at radius 3 is 2.75 bits per heavy atom. The van der Waals surface area contributed by atoms with Gasteiger partial charge in [0.15, 0.2) is 0 Å². The lowest BCUT2D eigenvalue weighted by Crippen LogP contribution is -2.22. The molecule has 0 unspecified atom stereocenters. The molecule has 0 saturated carbocycles. The van der Waals surface area contributed by atoms with Gasteiger partial charge in [0.05, 0.1) is 13.7 Å². The first-order chi connectivity index (χ1) is 9.83. The molecule has 20 heavy (non-hydrogen) atoms. The summed E-state index contributed by atoms with van der Waals surface area (Å²) < 4.78 is 11.2. The number of likely N-dealkylation sites (tertiary alicyclic amines) is 1. The molecule has 1 aliphatic heterocycles. The van der Waals surface area contributed by atoms with Crippen molar-refractivity contribution in [3.8, 4) is 11.5 Å². The molecule has 2 rings (SSSR count). The van der Waals surface area contributed by atoms with E-state index in [9.17, 15) is 0 Å². The van der Waals surface area contributed by atoms with Crippen molar-refractivity contribution in [2.45, 2.75) is 25.7 Å². The van der Waals surface area contributed by atoms with Crippen LogP contribution in [0.4, 0.5) is 0 Å². The Morgan fingerprint density at radius 1 is 1.25 bits per heavy atom. The molecule has 4 heteroatoms. The molecule has 0 aromatic heterocycles. The maximum absolute atomic E-state index is 5.93.